The molecule has 1 aromatic carbocycles. The van der Waals surface area contributed by atoms with Gasteiger partial charge in [-0.25, -0.2) is 4.68 Å². The van der Waals surface area contributed by atoms with Gasteiger partial charge in [0, 0.05) is 52.1 Å². The fraction of sp³-hybridized carbons (Fsp3) is 0.444. The number of halogens is 1. The minimum absolute atomic E-state index is 0. The molecular formula is C18H26IN5O. The normalized spacial score (nSPS) is 17.4. The van der Waals surface area contributed by atoms with Crippen LogP contribution in [0.15, 0.2) is 47.7 Å². The molecule has 0 radical (unpaired) electrons. The summed E-state index contributed by atoms with van der Waals surface area (Å²) in [6.45, 7) is 3.62. The largest absolute Gasteiger partial charge is 0.384 e. The molecule has 1 N–H and O–H groups in total. The lowest BCUT2D eigenvalue weighted by molar-refractivity contribution is 0.157. The van der Waals surface area contributed by atoms with Crippen LogP contribution in [0.4, 0.5) is 0 Å². The molecule has 1 aliphatic rings. The third-order valence-corrected chi connectivity index (χ3v) is 4.36. The number of benzene rings is 1. The van der Waals surface area contributed by atoms with Gasteiger partial charge in [0.25, 0.3) is 0 Å². The highest BCUT2D eigenvalue weighted by molar-refractivity contribution is 14.0. The Morgan fingerprint density at radius 3 is 2.80 bits per heavy atom. The average molecular weight is 455 g/mol. The van der Waals surface area contributed by atoms with Crippen LogP contribution in [-0.4, -0.2) is 54.5 Å². The van der Waals surface area contributed by atoms with Crippen LogP contribution in [0.3, 0.4) is 0 Å². The molecule has 0 aliphatic carbocycles. The van der Waals surface area contributed by atoms with Crippen LogP contribution < -0.4 is 5.32 Å². The molecule has 7 heteroatoms. The first-order chi connectivity index (χ1) is 11.8. The minimum Gasteiger partial charge on any atom is -0.384 e. The van der Waals surface area contributed by atoms with Crippen LogP contribution in [0, 0.1) is 5.92 Å². The molecule has 0 amide bonds. The van der Waals surface area contributed by atoms with E-state index in [1.165, 1.54) is 5.56 Å². The number of nitrogens with one attached hydrogen (secondary N) is 1. The molecule has 0 spiro atoms. The van der Waals surface area contributed by atoms with E-state index in [2.05, 4.69) is 44.6 Å². The summed E-state index contributed by atoms with van der Waals surface area (Å²) in [6.07, 6.45) is 4.89. The van der Waals surface area contributed by atoms with Gasteiger partial charge in [0.2, 0.25) is 0 Å². The monoisotopic (exact) mass is 455 g/mol. The van der Waals surface area contributed by atoms with Gasteiger partial charge in [-0.1, -0.05) is 12.1 Å². The summed E-state index contributed by atoms with van der Waals surface area (Å²) in [5, 5.41) is 7.70. The Morgan fingerprint density at radius 2 is 2.16 bits per heavy atom. The molecule has 3 rings (SSSR count). The molecule has 136 valence electrons. The molecule has 1 saturated heterocycles. The lowest BCUT2D eigenvalue weighted by atomic mass is 10.1. The molecule has 1 unspecified atom stereocenters. The predicted octanol–water partition coefficient (Wildman–Crippen LogP) is 2.53. The van der Waals surface area contributed by atoms with E-state index in [9.17, 15) is 0 Å². The Balaban J connectivity index is 0.00000225. The Kier molecular flexibility index (Phi) is 7.70. The van der Waals surface area contributed by atoms with E-state index < -0.39 is 0 Å². The van der Waals surface area contributed by atoms with Gasteiger partial charge < -0.3 is 15.0 Å². The lowest BCUT2D eigenvalue weighted by Gasteiger charge is -2.21. The Bertz CT molecular complexity index is 657. The van der Waals surface area contributed by atoms with Crippen molar-refractivity contribution in [3.63, 3.8) is 0 Å². The zero-order valence-corrected chi connectivity index (χ0v) is 17.1. The van der Waals surface area contributed by atoms with Crippen molar-refractivity contribution in [2.24, 2.45) is 10.9 Å². The molecule has 1 fully saturated rings. The van der Waals surface area contributed by atoms with Gasteiger partial charge in [-0.2, -0.15) is 5.10 Å². The summed E-state index contributed by atoms with van der Waals surface area (Å²) in [7, 11) is 3.61. The minimum atomic E-state index is 0. The van der Waals surface area contributed by atoms with E-state index in [1.54, 1.807) is 13.3 Å². The number of hydrogen-bond donors (Lipinski definition) is 1. The van der Waals surface area contributed by atoms with Crippen molar-refractivity contribution in [1.82, 2.24) is 20.0 Å². The van der Waals surface area contributed by atoms with Crippen LogP contribution in [-0.2, 0) is 11.3 Å². The molecule has 25 heavy (non-hydrogen) atoms. The van der Waals surface area contributed by atoms with Crippen molar-refractivity contribution in [2.45, 2.75) is 13.0 Å². The van der Waals surface area contributed by atoms with E-state index in [0.29, 0.717) is 5.92 Å². The second-order valence-corrected chi connectivity index (χ2v) is 6.07. The number of guanidine groups is 1. The van der Waals surface area contributed by atoms with Crippen molar-refractivity contribution in [3.05, 3.63) is 48.3 Å². The third-order valence-electron chi connectivity index (χ3n) is 4.36. The maximum atomic E-state index is 5.26. The fourth-order valence-corrected chi connectivity index (χ4v) is 3.10. The number of methoxy groups -OCH3 is 1. The number of rotatable bonds is 5. The summed E-state index contributed by atoms with van der Waals surface area (Å²) in [5.74, 6) is 1.56. The SMILES string of the molecule is CN=C(NCc1ccc(-n2cccn2)cc1)N1CCC(COC)C1.I. The smallest absolute Gasteiger partial charge is 0.193 e. The van der Waals surface area contributed by atoms with Gasteiger partial charge in [0.15, 0.2) is 5.96 Å². The van der Waals surface area contributed by atoms with Gasteiger partial charge in [-0.05, 0) is 30.2 Å². The highest BCUT2D eigenvalue weighted by Crippen LogP contribution is 2.16. The first-order valence-electron chi connectivity index (χ1n) is 8.33. The first-order valence-corrected chi connectivity index (χ1v) is 8.33. The first kappa shape index (κ1) is 19.7. The summed E-state index contributed by atoms with van der Waals surface area (Å²) in [6, 6.07) is 10.3. The lowest BCUT2D eigenvalue weighted by Crippen LogP contribution is -2.39. The molecule has 2 aromatic rings. The van der Waals surface area contributed by atoms with Crippen molar-refractivity contribution in [1.29, 1.82) is 0 Å². The number of aliphatic imine (C=N–C) groups is 1. The summed E-state index contributed by atoms with van der Waals surface area (Å²) < 4.78 is 7.12. The maximum absolute atomic E-state index is 5.26. The van der Waals surface area contributed by atoms with E-state index in [4.69, 9.17) is 4.74 Å². The van der Waals surface area contributed by atoms with E-state index in [-0.39, 0.29) is 24.0 Å². The quantitative estimate of drug-likeness (QED) is 0.428. The van der Waals surface area contributed by atoms with Crippen LogP contribution in [0.1, 0.15) is 12.0 Å². The van der Waals surface area contributed by atoms with Crippen molar-refractivity contribution in [3.8, 4) is 5.69 Å². The van der Waals surface area contributed by atoms with Gasteiger partial charge in [0.05, 0.1) is 12.3 Å². The molecule has 0 bridgehead atoms. The molecule has 2 heterocycles. The number of nitrogens with zero attached hydrogens (tertiary/aromatic N) is 4. The van der Waals surface area contributed by atoms with Crippen LogP contribution >= 0.6 is 24.0 Å². The van der Waals surface area contributed by atoms with E-state index in [0.717, 1.165) is 44.3 Å². The van der Waals surface area contributed by atoms with Gasteiger partial charge in [-0.15, -0.1) is 24.0 Å². The topological polar surface area (TPSA) is 54.7 Å². The molecular weight excluding hydrogens is 429 g/mol. The molecule has 1 aliphatic heterocycles. The van der Waals surface area contributed by atoms with Crippen molar-refractivity contribution in [2.75, 3.05) is 33.9 Å². The number of hydrogen-bond acceptors (Lipinski definition) is 3. The summed E-state index contributed by atoms with van der Waals surface area (Å²) in [4.78, 5) is 6.72. The van der Waals surface area contributed by atoms with Crippen molar-refractivity contribution < 1.29 is 4.74 Å². The Morgan fingerprint density at radius 1 is 1.36 bits per heavy atom. The zero-order valence-electron chi connectivity index (χ0n) is 14.8. The Labute approximate surface area is 166 Å². The zero-order chi connectivity index (χ0) is 16.8. The second kappa shape index (κ2) is 9.76. The summed E-state index contributed by atoms with van der Waals surface area (Å²) >= 11 is 0. The van der Waals surface area contributed by atoms with E-state index in [1.807, 2.05) is 24.0 Å². The van der Waals surface area contributed by atoms with Crippen LogP contribution in [0.25, 0.3) is 5.69 Å². The fourth-order valence-electron chi connectivity index (χ4n) is 3.10. The number of aromatic nitrogens is 2. The standard InChI is InChI=1S/C18H25N5O.HI/c1-19-18(22-11-8-16(13-22)14-24-2)20-12-15-4-6-17(7-5-15)23-10-3-9-21-23;/h3-7,9-10,16H,8,11-14H2,1-2H3,(H,19,20);1H. The highest BCUT2D eigenvalue weighted by atomic mass is 127. The van der Waals surface area contributed by atoms with Crippen LogP contribution in [0.2, 0.25) is 0 Å². The van der Waals surface area contributed by atoms with Crippen molar-refractivity contribution >= 4 is 29.9 Å². The predicted molar refractivity (Wildman–Crippen MR) is 111 cm³/mol. The molecule has 6 nitrogen and oxygen atoms in total. The van der Waals surface area contributed by atoms with Crippen LogP contribution in [0.5, 0.6) is 0 Å². The Hall–Kier alpha value is -1.61. The molecule has 1 aromatic heterocycles. The number of likely N-dealkylation sites (tertiary alicyclic amines) is 1. The maximum Gasteiger partial charge on any atom is 0.193 e. The molecule has 1 atom stereocenters. The third kappa shape index (κ3) is 5.18. The van der Waals surface area contributed by atoms with Gasteiger partial charge >= 0.3 is 0 Å². The summed E-state index contributed by atoms with van der Waals surface area (Å²) in [5.41, 5.74) is 2.29. The van der Waals surface area contributed by atoms with E-state index >= 15 is 0 Å². The molecule has 0 saturated carbocycles. The highest BCUT2D eigenvalue weighted by Gasteiger charge is 2.24. The number of ether oxygens (including phenoxy) is 1. The second-order valence-electron chi connectivity index (χ2n) is 6.07. The van der Waals surface area contributed by atoms with Gasteiger partial charge in [0.1, 0.15) is 0 Å². The average Bonchev–Trinajstić information content (AvgIpc) is 3.29. The van der Waals surface area contributed by atoms with Gasteiger partial charge in [-0.3, -0.25) is 4.99 Å².